The fourth-order valence-corrected chi connectivity index (χ4v) is 2.90. The maximum atomic E-state index is 3.66. The summed E-state index contributed by atoms with van der Waals surface area (Å²) in [5, 5.41) is 3.66. The van der Waals surface area contributed by atoms with Crippen molar-refractivity contribution in [2.24, 2.45) is 5.92 Å². The molecular formula is C18H30N2. The van der Waals surface area contributed by atoms with Crippen LogP contribution in [0.25, 0.3) is 0 Å². The SMILES string of the molecule is Cc1cc(N2CCCC2)ccc1NC(C)CCC(C)C. The Hall–Kier alpha value is -1.18. The van der Waals surface area contributed by atoms with Crippen molar-refractivity contribution in [3.05, 3.63) is 23.8 Å². The van der Waals surface area contributed by atoms with E-state index < -0.39 is 0 Å². The molecule has 1 atom stereocenters. The van der Waals surface area contributed by atoms with Crippen molar-refractivity contribution in [2.75, 3.05) is 23.3 Å². The van der Waals surface area contributed by atoms with E-state index in [0.717, 1.165) is 5.92 Å². The third kappa shape index (κ3) is 4.16. The van der Waals surface area contributed by atoms with Crippen molar-refractivity contribution in [1.29, 1.82) is 0 Å². The Morgan fingerprint density at radius 1 is 1.10 bits per heavy atom. The molecule has 0 amide bonds. The van der Waals surface area contributed by atoms with Crippen LogP contribution in [0.3, 0.4) is 0 Å². The van der Waals surface area contributed by atoms with Gasteiger partial charge in [-0.3, -0.25) is 0 Å². The van der Waals surface area contributed by atoms with Gasteiger partial charge in [-0.1, -0.05) is 13.8 Å². The number of hydrogen-bond donors (Lipinski definition) is 1. The quantitative estimate of drug-likeness (QED) is 0.799. The maximum absolute atomic E-state index is 3.66. The minimum Gasteiger partial charge on any atom is -0.382 e. The highest BCUT2D eigenvalue weighted by molar-refractivity contribution is 5.60. The Morgan fingerprint density at radius 3 is 2.40 bits per heavy atom. The summed E-state index contributed by atoms with van der Waals surface area (Å²) in [5.41, 5.74) is 4.05. The van der Waals surface area contributed by atoms with Crippen LogP contribution in [0.5, 0.6) is 0 Å². The number of nitrogens with zero attached hydrogens (tertiary/aromatic N) is 1. The van der Waals surface area contributed by atoms with Crippen LogP contribution >= 0.6 is 0 Å². The van der Waals surface area contributed by atoms with Crippen molar-refractivity contribution in [3.63, 3.8) is 0 Å². The summed E-state index contributed by atoms with van der Waals surface area (Å²) in [6.07, 6.45) is 5.21. The van der Waals surface area contributed by atoms with Gasteiger partial charge in [-0.2, -0.15) is 0 Å². The molecule has 0 bridgehead atoms. The van der Waals surface area contributed by atoms with Gasteiger partial charge in [0.15, 0.2) is 0 Å². The van der Waals surface area contributed by atoms with Crippen LogP contribution in [0.1, 0.15) is 52.0 Å². The van der Waals surface area contributed by atoms with Crippen LogP contribution in [0.15, 0.2) is 18.2 Å². The summed E-state index contributed by atoms with van der Waals surface area (Å²) >= 11 is 0. The highest BCUT2D eigenvalue weighted by atomic mass is 15.1. The second-order valence-electron chi connectivity index (χ2n) is 6.71. The van der Waals surface area contributed by atoms with E-state index in [-0.39, 0.29) is 0 Å². The Bertz CT molecular complexity index is 419. The van der Waals surface area contributed by atoms with Crippen molar-refractivity contribution >= 4 is 11.4 Å². The van der Waals surface area contributed by atoms with Crippen molar-refractivity contribution in [1.82, 2.24) is 0 Å². The van der Waals surface area contributed by atoms with E-state index in [1.54, 1.807) is 0 Å². The molecule has 1 aliphatic heterocycles. The zero-order valence-electron chi connectivity index (χ0n) is 13.6. The second kappa shape index (κ2) is 7.01. The third-order valence-electron chi connectivity index (χ3n) is 4.26. The maximum Gasteiger partial charge on any atom is 0.0373 e. The Balaban J connectivity index is 1.95. The van der Waals surface area contributed by atoms with Gasteiger partial charge in [0, 0.05) is 30.5 Å². The molecule has 1 aromatic rings. The molecular weight excluding hydrogens is 244 g/mol. The fourth-order valence-electron chi connectivity index (χ4n) is 2.90. The van der Waals surface area contributed by atoms with Crippen LogP contribution in [0.2, 0.25) is 0 Å². The predicted octanol–water partition coefficient (Wildman–Crippen LogP) is 4.83. The Labute approximate surface area is 124 Å². The summed E-state index contributed by atoms with van der Waals surface area (Å²) < 4.78 is 0. The van der Waals surface area contributed by atoms with E-state index in [4.69, 9.17) is 0 Å². The molecule has 1 heterocycles. The number of hydrogen-bond acceptors (Lipinski definition) is 2. The molecule has 0 saturated carbocycles. The Kier molecular flexibility index (Phi) is 5.33. The van der Waals surface area contributed by atoms with E-state index in [9.17, 15) is 0 Å². The molecule has 0 spiro atoms. The smallest absolute Gasteiger partial charge is 0.0373 e. The van der Waals surface area contributed by atoms with Gasteiger partial charge in [0.1, 0.15) is 0 Å². The summed E-state index contributed by atoms with van der Waals surface area (Å²) in [6, 6.07) is 7.42. The van der Waals surface area contributed by atoms with Gasteiger partial charge in [0.2, 0.25) is 0 Å². The molecule has 0 aromatic heterocycles. The van der Waals surface area contributed by atoms with Gasteiger partial charge < -0.3 is 10.2 Å². The summed E-state index contributed by atoms with van der Waals surface area (Å²) in [4.78, 5) is 2.50. The predicted molar refractivity (Wildman–Crippen MR) is 89.8 cm³/mol. The monoisotopic (exact) mass is 274 g/mol. The van der Waals surface area contributed by atoms with Crippen LogP contribution in [0.4, 0.5) is 11.4 Å². The standard InChI is InChI=1S/C18H30N2/c1-14(2)7-8-16(4)19-18-10-9-17(13-15(18)3)20-11-5-6-12-20/h9-10,13-14,16,19H,5-8,11-12H2,1-4H3. The van der Waals surface area contributed by atoms with E-state index >= 15 is 0 Å². The van der Waals surface area contributed by atoms with Crippen LogP contribution < -0.4 is 10.2 Å². The lowest BCUT2D eigenvalue weighted by Gasteiger charge is -2.22. The molecule has 0 aliphatic carbocycles. The summed E-state index contributed by atoms with van der Waals surface area (Å²) in [7, 11) is 0. The van der Waals surface area contributed by atoms with Crippen LogP contribution in [-0.4, -0.2) is 19.1 Å². The topological polar surface area (TPSA) is 15.3 Å². The van der Waals surface area contributed by atoms with Gasteiger partial charge in [-0.15, -0.1) is 0 Å². The van der Waals surface area contributed by atoms with Crippen LogP contribution in [0, 0.1) is 12.8 Å². The average Bonchev–Trinajstić information content (AvgIpc) is 2.92. The lowest BCUT2D eigenvalue weighted by atomic mass is 10.0. The molecule has 1 aliphatic rings. The first kappa shape index (κ1) is 15.2. The van der Waals surface area contributed by atoms with Crippen molar-refractivity contribution in [3.8, 4) is 0 Å². The molecule has 1 aromatic carbocycles. The number of benzene rings is 1. The van der Waals surface area contributed by atoms with E-state index in [1.807, 2.05) is 0 Å². The average molecular weight is 274 g/mol. The summed E-state index contributed by atoms with van der Waals surface area (Å²) in [5.74, 6) is 0.790. The minimum absolute atomic E-state index is 0.550. The van der Waals surface area contributed by atoms with Crippen molar-refractivity contribution in [2.45, 2.75) is 59.4 Å². The highest BCUT2D eigenvalue weighted by Gasteiger charge is 2.13. The molecule has 1 unspecified atom stereocenters. The first-order valence-corrected chi connectivity index (χ1v) is 8.18. The molecule has 20 heavy (non-hydrogen) atoms. The molecule has 2 heteroatoms. The summed E-state index contributed by atoms with van der Waals surface area (Å²) in [6.45, 7) is 11.5. The first-order valence-electron chi connectivity index (χ1n) is 8.18. The lowest BCUT2D eigenvalue weighted by molar-refractivity contribution is 0.527. The van der Waals surface area contributed by atoms with Gasteiger partial charge in [0.25, 0.3) is 0 Å². The van der Waals surface area contributed by atoms with E-state index in [2.05, 4.69) is 56.1 Å². The number of aryl methyl sites for hydroxylation is 1. The molecule has 1 N–H and O–H groups in total. The third-order valence-corrected chi connectivity index (χ3v) is 4.26. The fraction of sp³-hybridized carbons (Fsp3) is 0.667. The van der Waals surface area contributed by atoms with Crippen molar-refractivity contribution < 1.29 is 0 Å². The molecule has 2 nitrogen and oxygen atoms in total. The first-order chi connectivity index (χ1) is 9.56. The Morgan fingerprint density at radius 2 is 1.80 bits per heavy atom. The number of nitrogens with one attached hydrogen (secondary N) is 1. The van der Waals surface area contributed by atoms with Gasteiger partial charge in [0.05, 0.1) is 0 Å². The van der Waals surface area contributed by atoms with E-state index in [0.29, 0.717) is 6.04 Å². The second-order valence-corrected chi connectivity index (χ2v) is 6.71. The lowest BCUT2D eigenvalue weighted by Crippen LogP contribution is -2.19. The van der Waals surface area contributed by atoms with E-state index in [1.165, 1.54) is 55.7 Å². The molecule has 112 valence electrons. The van der Waals surface area contributed by atoms with Crippen LogP contribution in [-0.2, 0) is 0 Å². The normalized spacial score (nSPS) is 16.8. The minimum atomic E-state index is 0.550. The highest BCUT2D eigenvalue weighted by Crippen LogP contribution is 2.26. The van der Waals surface area contributed by atoms with Gasteiger partial charge in [-0.25, -0.2) is 0 Å². The largest absolute Gasteiger partial charge is 0.382 e. The molecule has 0 radical (unpaired) electrons. The van der Waals surface area contributed by atoms with Gasteiger partial charge >= 0.3 is 0 Å². The molecule has 1 fully saturated rings. The van der Waals surface area contributed by atoms with Gasteiger partial charge in [-0.05, 0) is 69.2 Å². The molecule has 1 saturated heterocycles. The number of anilines is 2. The molecule has 2 rings (SSSR count). The zero-order valence-corrected chi connectivity index (χ0v) is 13.6. The number of rotatable bonds is 6. The zero-order chi connectivity index (χ0) is 14.5.